The highest BCUT2D eigenvalue weighted by atomic mass is 16.3. The van der Waals surface area contributed by atoms with Gasteiger partial charge in [-0.1, -0.05) is 13.3 Å². The highest BCUT2D eigenvalue weighted by molar-refractivity contribution is 6.09. The fraction of sp³-hybridized carbons (Fsp3) is 0.312. The molecule has 1 aromatic carbocycles. The van der Waals surface area contributed by atoms with E-state index < -0.39 is 17.6 Å². The standard InChI is InChI=1S/C16H19N5O4/c1-3-4-5-11-13(14(15(17)23)21(2)19-11)18-16(24)9-6-7-10(20-25)12(22)8-9/h6-8,22H,3-5H2,1-2H3,(H2,17,23)(H,18,24). The number of nitrogens with one attached hydrogen (secondary N) is 1. The Bertz CT molecular complexity index is 828. The molecule has 0 spiro atoms. The van der Waals surface area contributed by atoms with E-state index in [2.05, 4.69) is 15.6 Å². The topological polar surface area (TPSA) is 140 Å². The SMILES string of the molecule is CCCCc1nn(C)c(C(N)=O)c1NC(=O)c1ccc(N=O)c(O)c1. The van der Waals surface area contributed by atoms with Crippen molar-refractivity contribution in [1.82, 2.24) is 9.78 Å². The van der Waals surface area contributed by atoms with E-state index in [4.69, 9.17) is 5.73 Å². The van der Waals surface area contributed by atoms with Gasteiger partial charge in [0.15, 0.2) is 0 Å². The Morgan fingerprint density at radius 2 is 2.12 bits per heavy atom. The molecule has 0 saturated carbocycles. The van der Waals surface area contributed by atoms with Gasteiger partial charge in [0.25, 0.3) is 11.8 Å². The molecular formula is C16H19N5O4. The molecule has 0 radical (unpaired) electrons. The van der Waals surface area contributed by atoms with E-state index in [1.54, 1.807) is 7.05 Å². The molecule has 2 amide bonds. The minimum absolute atomic E-state index is 0.0925. The molecule has 0 bridgehead atoms. The number of phenols is 1. The van der Waals surface area contributed by atoms with Crippen LogP contribution in [0.15, 0.2) is 23.4 Å². The van der Waals surface area contributed by atoms with Gasteiger partial charge in [-0.25, -0.2) is 0 Å². The van der Waals surface area contributed by atoms with E-state index in [1.807, 2.05) is 6.92 Å². The number of amides is 2. The predicted octanol–water partition coefficient (Wildman–Crippen LogP) is 2.22. The summed E-state index contributed by atoms with van der Waals surface area (Å²) < 4.78 is 1.33. The summed E-state index contributed by atoms with van der Waals surface area (Å²) in [6.45, 7) is 2.02. The number of aromatic nitrogens is 2. The lowest BCUT2D eigenvalue weighted by Gasteiger charge is -2.08. The molecule has 2 aromatic rings. The van der Waals surface area contributed by atoms with Gasteiger partial charge in [-0.3, -0.25) is 14.3 Å². The predicted molar refractivity (Wildman–Crippen MR) is 91.9 cm³/mol. The number of aryl methyl sites for hydroxylation is 2. The molecule has 0 aliphatic carbocycles. The van der Waals surface area contributed by atoms with E-state index >= 15 is 0 Å². The number of rotatable bonds is 7. The first-order valence-electron chi connectivity index (χ1n) is 7.72. The lowest BCUT2D eigenvalue weighted by atomic mass is 10.1. The van der Waals surface area contributed by atoms with Crippen LogP contribution in [0.25, 0.3) is 0 Å². The van der Waals surface area contributed by atoms with Crippen molar-refractivity contribution in [3.05, 3.63) is 40.1 Å². The quantitative estimate of drug-likeness (QED) is 0.660. The molecule has 0 aliphatic heterocycles. The van der Waals surface area contributed by atoms with Gasteiger partial charge in [0.05, 0.1) is 11.4 Å². The first kappa shape index (κ1) is 18.1. The summed E-state index contributed by atoms with van der Waals surface area (Å²) >= 11 is 0. The van der Waals surface area contributed by atoms with Crippen molar-refractivity contribution in [3.63, 3.8) is 0 Å². The van der Waals surface area contributed by atoms with Gasteiger partial charge in [0.1, 0.15) is 17.1 Å². The molecule has 9 heteroatoms. The molecule has 0 aliphatic rings. The van der Waals surface area contributed by atoms with Crippen molar-refractivity contribution in [3.8, 4) is 5.75 Å². The highest BCUT2D eigenvalue weighted by Crippen LogP contribution is 2.28. The van der Waals surface area contributed by atoms with E-state index in [0.717, 1.165) is 18.9 Å². The van der Waals surface area contributed by atoms with Crippen molar-refractivity contribution in [2.75, 3.05) is 5.32 Å². The Hall–Kier alpha value is -3.23. The van der Waals surface area contributed by atoms with E-state index in [9.17, 15) is 19.6 Å². The number of nitroso groups, excluding NO2 is 1. The fourth-order valence-electron chi connectivity index (χ4n) is 2.44. The molecule has 1 aromatic heterocycles. The van der Waals surface area contributed by atoms with Gasteiger partial charge >= 0.3 is 0 Å². The zero-order valence-electron chi connectivity index (χ0n) is 13.9. The molecule has 0 atom stereocenters. The summed E-state index contributed by atoms with van der Waals surface area (Å²) in [4.78, 5) is 34.7. The molecule has 132 valence electrons. The minimum Gasteiger partial charge on any atom is -0.506 e. The van der Waals surface area contributed by atoms with Crippen LogP contribution in [0.2, 0.25) is 0 Å². The number of benzene rings is 1. The van der Waals surface area contributed by atoms with Gasteiger partial charge < -0.3 is 16.2 Å². The third-order valence-electron chi connectivity index (χ3n) is 3.69. The third kappa shape index (κ3) is 3.82. The average molecular weight is 345 g/mol. The number of carbonyl (C=O) groups excluding carboxylic acids is 2. The number of hydrogen-bond acceptors (Lipinski definition) is 6. The number of unbranched alkanes of at least 4 members (excludes halogenated alkanes) is 1. The Labute approximate surface area is 143 Å². The fourth-order valence-corrected chi connectivity index (χ4v) is 2.44. The third-order valence-corrected chi connectivity index (χ3v) is 3.69. The molecule has 4 N–H and O–H groups in total. The summed E-state index contributed by atoms with van der Waals surface area (Å²) in [5, 5.41) is 19.2. The van der Waals surface area contributed by atoms with Crippen LogP contribution < -0.4 is 11.1 Å². The molecule has 0 unspecified atom stereocenters. The van der Waals surface area contributed by atoms with Crippen molar-refractivity contribution >= 4 is 23.2 Å². The van der Waals surface area contributed by atoms with Crippen molar-refractivity contribution in [2.45, 2.75) is 26.2 Å². The number of primary amides is 1. The number of nitrogens with two attached hydrogens (primary N) is 1. The number of hydrogen-bond donors (Lipinski definition) is 3. The normalized spacial score (nSPS) is 10.5. The van der Waals surface area contributed by atoms with E-state index in [0.29, 0.717) is 12.1 Å². The molecule has 0 saturated heterocycles. The second kappa shape index (κ2) is 7.56. The molecule has 1 heterocycles. The summed E-state index contributed by atoms with van der Waals surface area (Å²) in [5.74, 6) is -1.69. The van der Waals surface area contributed by atoms with Crippen LogP contribution in [0.1, 0.15) is 46.3 Å². The van der Waals surface area contributed by atoms with Crippen molar-refractivity contribution in [1.29, 1.82) is 0 Å². The monoisotopic (exact) mass is 345 g/mol. The average Bonchev–Trinajstić information content (AvgIpc) is 2.88. The Morgan fingerprint density at radius 3 is 2.68 bits per heavy atom. The van der Waals surface area contributed by atoms with Crippen molar-refractivity contribution < 1.29 is 14.7 Å². The highest BCUT2D eigenvalue weighted by Gasteiger charge is 2.22. The lowest BCUT2D eigenvalue weighted by Crippen LogP contribution is -2.20. The van der Waals surface area contributed by atoms with E-state index in [-0.39, 0.29) is 22.6 Å². The van der Waals surface area contributed by atoms with Gasteiger partial charge in [0.2, 0.25) is 0 Å². The first-order chi connectivity index (χ1) is 11.9. The van der Waals surface area contributed by atoms with Crippen LogP contribution in [0, 0.1) is 4.91 Å². The Kier molecular flexibility index (Phi) is 5.48. The molecule has 25 heavy (non-hydrogen) atoms. The number of nitrogens with zero attached hydrogens (tertiary/aromatic N) is 3. The van der Waals surface area contributed by atoms with Gasteiger partial charge in [-0.15, -0.1) is 4.91 Å². The van der Waals surface area contributed by atoms with Crippen molar-refractivity contribution in [2.24, 2.45) is 18.0 Å². The molecule has 2 rings (SSSR count). The second-order valence-electron chi connectivity index (χ2n) is 5.51. The zero-order chi connectivity index (χ0) is 18.6. The maximum Gasteiger partial charge on any atom is 0.269 e. The van der Waals surface area contributed by atoms with Crippen LogP contribution in [-0.2, 0) is 13.5 Å². The first-order valence-corrected chi connectivity index (χ1v) is 7.72. The molecular weight excluding hydrogens is 326 g/mol. The van der Waals surface area contributed by atoms with Crippen LogP contribution in [-0.4, -0.2) is 26.7 Å². The number of carbonyl (C=O) groups is 2. The maximum atomic E-state index is 12.5. The van der Waals surface area contributed by atoms with Gasteiger partial charge in [-0.2, -0.15) is 5.10 Å². The largest absolute Gasteiger partial charge is 0.506 e. The molecule has 9 nitrogen and oxygen atoms in total. The number of anilines is 1. The Morgan fingerprint density at radius 1 is 1.40 bits per heavy atom. The van der Waals surface area contributed by atoms with E-state index in [1.165, 1.54) is 16.8 Å². The molecule has 0 fully saturated rings. The van der Waals surface area contributed by atoms with Gasteiger partial charge in [0, 0.05) is 12.6 Å². The Balaban J connectivity index is 2.37. The summed E-state index contributed by atoms with van der Waals surface area (Å²) in [6.07, 6.45) is 2.33. The summed E-state index contributed by atoms with van der Waals surface area (Å²) in [5.41, 5.74) is 6.24. The number of aromatic hydroxyl groups is 1. The van der Waals surface area contributed by atoms with Crippen LogP contribution >= 0.6 is 0 Å². The smallest absolute Gasteiger partial charge is 0.269 e. The summed E-state index contributed by atoms with van der Waals surface area (Å²) in [7, 11) is 1.57. The van der Waals surface area contributed by atoms with Crippen LogP contribution in [0.5, 0.6) is 5.75 Å². The summed E-state index contributed by atoms with van der Waals surface area (Å²) in [6, 6.07) is 3.70. The minimum atomic E-state index is -0.712. The van der Waals surface area contributed by atoms with Crippen LogP contribution in [0.4, 0.5) is 11.4 Å². The lowest BCUT2D eigenvalue weighted by molar-refractivity contribution is 0.0992. The second-order valence-corrected chi connectivity index (χ2v) is 5.51. The van der Waals surface area contributed by atoms with Crippen LogP contribution in [0.3, 0.4) is 0 Å². The van der Waals surface area contributed by atoms with Gasteiger partial charge in [-0.05, 0) is 36.2 Å². The maximum absolute atomic E-state index is 12.5. The zero-order valence-corrected chi connectivity index (χ0v) is 13.9. The number of phenolic OH excluding ortho intramolecular Hbond substituents is 1.